The minimum atomic E-state index is -4.57. The first-order chi connectivity index (χ1) is 22.0. The molecule has 4 aromatic rings. The number of piperazine rings is 1. The van der Waals surface area contributed by atoms with Gasteiger partial charge in [0.15, 0.2) is 0 Å². The Morgan fingerprint density at radius 1 is 0.913 bits per heavy atom. The van der Waals surface area contributed by atoms with Gasteiger partial charge in [-0.3, -0.25) is 14.6 Å². The molecule has 3 heterocycles. The summed E-state index contributed by atoms with van der Waals surface area (Å²) in [6.45, 7) is 5.91. The number of rotatable bonds is 6. The maximum absolute atomic E-state index is 13.6. The summed E-state index contributed by atoms with van der Waals surface area (Å²) in [5.74, 6) is 0.134. The number of nitrogens with zero attached hydrogens (tertiary/aromatic N) is 6. The van der Waals surface area contributed by atoms with Crippen molar-refractivity contribution < 1.29 is 22.8 Å². The van der Waals surface area contributed by atoms with Crippen LogP contribution in [0.1, 0.15) is 27.0 Å². The lowest BCUT2D eigenvalue weighted by atomic mass is 10.1. The van der Waals surface area contributed by atoms with E-state index in [2.05, 4.69) is 49.6 Å². The van der Waals surface area contributed by atoms with E-state index < -0.39 is 17.6 Å². The number of nitrogens with one attached hydrogen (secondary N) is 2. The number of aromatic nitrogens is 2. The normalized spacial score (nSPS) is 15.5. The van der Waals surface area contributed by atoms with E-state index in [4.69, 9.17) is 0 Å². The third kappa shape index (κ3) is 6.45. The molecule has 1 fully saturated rings. The highest BCUT2D eigenvalue weighted by atomic mass is 19.4. The quantitative estimate of drug-likeness (QED) is 0.265. The average Bonchev–Trinajstić information content (AvgIpc) is 3.04. The molecule has 46 heavy (non-hydrogen) atoms. The highest BCUT2D eigenvalue weighted by molar-refractivity contribution is 6.07. The van der Waals surface area contributed by atoms with E-state index in [1.165, 1.54) is 17.0 Å². The molecule has 2 aliphatic heterocycles. The van der Waals surface area contributed by atoms with Crippen molar-refractivity contribution in [3.8, 4) is 0 Å². The Labute approximate surface area is 264 Å². The van der Waals surface area contributed by atoms with Crippen LogP contribution in [0.3, 0.4) is 0 Å². The second kappa shape index (κ2) is 12.3. The SMILES string of the molecule is Cc1ccc(NC(=O)c2cccc(C(F)(F)F)c2)cc1N1Cc2cnc(Nc3cccc(N4CCN(C)CC4)c3)nc2N(C)C1=O. The Bertz CT molecular complexity index is 1790. The molecule has 13 heteroatoms. The van der Waals surface area contributed by atoms with E-state index in [0.717, 1.165) is 60.8 Å². The highest BCUT2D eigenvalue weighted by Gasteiger charge is 2.33. The van der Waals surface area contributed by atoms with E-state index in [1.807, 2.05) is 19.1 Å². The lowest BCUT2D eigenvalue weighted by molar-refractivity contribution is -0.137. The van der Waals surface area contributed by atoms with Crippen molar-refractivity contribution in [1.82, 2.24) is 14.9 Å². The van der Waals surface area contributed by atoms with Gasteiger partial charge in [0.05, 0.1) is 17.8 Å². The number of halogens is 3. The predicted molar refractivity (Wildman–Crippen MR) is 172 cm³/mol. The molecule has 3 aromatic carbocycles. The molecule has 1 aromatic heterocycles. The number of likely N-dealkylation sites (N-methyl/N-ethyl adjacent to an activating group) is 1. The molecule has 3 amide bonds. The van der Waals surface area contributed by atoms with Crippen molar-refractivity contribution in [3.63, 3.8) is 0 Å². The van der Waals surface area contributed by atoms with E-state index >= 15 is 0 Å². The van der Waals surface area contributed by atoms with Crippen LogP contribution in [0.25, 0.3) is 0 Å². The first kappa shape index (κ1) is 30.8. The van der Waals surface area contributed by atoms with Gasteiger partial charge in [0.25, 0.3) is 5.91 Å². The topological polar surface area (TPSA) is 96.9 Å². The molecule has 10 nitrogen and oxygen atoms in total. The fourth-order valence-corrected chi connectivity index (χ4v) is 5.55. The minimum Gasteiger partial charge on any atom is -0.369 e. The van der Waals surface area contributed by atoms with Gasteiger partial charge >= 0.3 is 12.2 Å². The lowest BCUT2D eigenvalue weighted by Crippen LogP contribution is -2.46. The summed E-state index contributed by atoms with van der Waals surface area (Å²) in [6, 6.07) is 17.0. The summed E-state index contributed by atoms with van der Waals surface area (Å²) in [5.41, 5.74) is 3.26. The molecule has 2 aliphatic rings. The summed E-state index contributed by atoms with van der Waals surface area (Å²) >= 11 is 0. The van der Waals surface area contributed by atoms with Crippen LogP contribution in [-0.4, -0.2) is 67.1 Å². The molecule has 0 bridgehead atoms. The van der Waals surface area contributed by atoms with Crippen LogP contribution in [0.2, 0.25) is 0 Å². The molecule has 0 spiro atoms. The van der Waals surface area contributed by atoms with E-state index in [0.29, 0.717) is 23.1 Å². The van der Waals surface area contributed by atoms with Crippen molar-refractivity contribution in [2.75, 3.05) is 65.6 Å². The second-order valence-corrected chi connectivity index (χ2v) is 11.5. The summed E-state index contributed by atoms with van der Waals surface area (Å²) < 4.78 is 39.5. The van der Waals surface area contributed by atoms with Crippen LogP contribution in [-0.2, 0) is 12.7 Å². The largest absolute Gasteiger partial charge is 0.416 e. The Morgan fingerprint density at radius 3 is 2.43 bits per heavy atom. The van der Waals surface area contributed by atoms with Gasteiger partial charge in [0.2, 0.25) is 5.95 Å². The predicted octanol–water partition coefficient (Wildman–Crippen LogP) is 6.13. The van der Waals surface area contributed by atoms with Crippen LogP contribution in [0.4, 0.5) is 52.5 Å². The van der Waals surface area contributed by atoms with Crippen LogP contribution in [0.5, 0.6) is 0 Å². The molecule has 1 saturated heterocycles. The number of hydrogen-bond donors (Lipinski definition) is 2. The molecule has 2 N–H and O–H groups in total. The smallest absolute Gasteiger partial charge is 0.369 e. The van der Waals surface area contributed by atoms with Crippen LogP contribution in [0, 0.1) is 6.92 Å². The maximum atomic E-state index is 13.6. The zero-order chi connectivity index (χ0) is 32.6. The number of urea groups is 1. The molecule has 238 valence electrons. The van der Waals surface area contributed by atoms with Gasteiger partial charge in [-0.2, -0.15) is 18.2 Å². The van der Waals surface area contributed by atoms with Crippen molar-refractivity contribution in [3.05, 3.63) is 95.2 Å². The van der Waals surface area contributed by atoms with Crippen molar-refractivity contribution in [1.29, 1.82) is 0 Å². The highest BCUT2D eigenvalue weighted by Crippen LogP contribution is 2.34. The number of aryl methyl sites for hydroxylation is 1. The van der Waals surface area contributed by atoms with E-state index in [1.54, 1.807) is 36.3 Å². The number of fused-ring (bicyclic) bond motifs is 1. The van der Waals surface area contributed by atoms with Crippen LogP contribution < -0.4 is 25.3 Å². The summed E-state index contributed by atoms with van der Waals surface area (Å²) in [4.78, 5) is 43.2. The van der Waals surface area contributed by atoms with Crippen molar-refractivity contribution in [2.24, 2.45) is 0 Å². The number of carbonyl (C=O) groups is 2. The summed E-state index contributed by atoms with van der Waals surface area (Å²) in [6.07, 6.45) is -2.89. The molecule has 0 aliphatic carbocycles. The van der Waals surface area contributed by atoms with E-state index in [-0.39, 0.29) is 18.1 Å². The molecule has 0 unspecified atom stereocenters. The molecule has 6 rings (SSSR count). The van der Waals surface area contributed by atoms with Gasteiger partial charge in [-0.05, 0) is 68.1 Å². The maximum Gasteiger partial charge on any atom is 0.416 e. The third-order valence-electron chi connectivity index (χ3n) is 8.19. The first-order valence-corrected chi connectivity index (χ1v) is 14.8. The van der Waals surface area contributed by atoms with E-state index in [9.17, 15) is 22.8 Å². The molecule has 0 atom stereocenters. The van der Waals surface area contributed by atoms with Crippen LogP contribution in [0.15, 0.2) is 72.9 Å². The fourth-order valence-electron chi connectivity index (χ4n) is 5.55. The average molecular weight is 631 g/mol. The first-order valence-electron chi connectivity index (χ1n) is 14.8. The number of amides is 3. The second-order valence-electron chi connectivity index (χ2n) is 11.5. The fraction of sp³-hybridized carbons (Fsp3) is 0.273. The number of benzene rings is 3. The lowest BCUT2D eigenvalue weighted by Gasteiger charge is -2.35. The van der Waals surface area contributed by atoms with Crippen molar-refractivity contribution in [2.45, 2.75) is 19.6 Å². The zero-order valence-electron chi connectivity index (χ0n) is 25.6. The minimum absolute atomic E-state index is 0.132. The number of hydrogen-bond acceptors (Lipinski definition) is 7. The number of carbonyl (C=O) groups excluding carboxylic acids is 2. The Kier molecular flexibility index (Phi) is 8.26. The monoisotopic (exact) mass is 630 g/mol. The standard InChI is InChI=1S/C33H33F3N8O2/c1-21-10-11-26(38-30(45)22-6-4-7-24(16-22)33(34,35)36)18-28(21)44-20-23-19-37-31(40-29(23)42(3)32(44)46)39-25-8-5-9-27(17-25)43-14-12-41(2)13-15-43/h4-11,16-19H,12-15,20H2,1-3H3,(H,38,45)(H,37,39,40). The van der Waals surface area contributed by atoms with Gasteiger partial charge < -0.3 is 20.4 Å². The third-order valence-corrected chi connectivity index (χ3v) is 8.19. The molecule has 0 radical (unpaired) electrons. The zero-order valence-corrected chi connectivity index (χ0v) is 25.6. The Hall–Kier alpha value is -5.17. The number of alkyl halides is 3. The summed E-state index contributed by atoms with van der Waals surface area (Å²) in [7, 11) is 3.75. The number of anilines is 6. The Balaban J connectivity index is 1.19. The molecular formula is C33H33F3N8O2. The van der Waals surface area contributed by atoms with Gasteiger partial charge in [0, 0.05) is 67.6 Å². The van der Waals surface area contributed by atoms with Crippen molar-refractivity contribution >= 4 is 46.5 Å². The Morgan fingerprint density at radius 2 is 1.67 bits per heavy atom. The molecular weight excluding hydrogens is 597 g/mol. The summed E-state index contributed by atoms with van der Waals surface area (Å²) in [5, 5.41) is 5.92. The van der Waals surface area contributed by atoms with Gasteiger partial charge in [-0.25, -0.2) is 9.78 Å². The van der Waals surface area contributed by atoms with Crippen LogP contribution >= 0.6 is 0 Å². The van der Waals surface area contributed by atoms with Gasteiger partial charge in [0.1, 0.15) is 5.82 Å². The van der Waals surface area contributed by atoms with Gasteiger partial charge in [-0.15, -0.1) is 0 Å². The van der Waals surface area contributed by atoms with Gasteiger partial charge in [-0.1, -0.05) is 18.2 Å². The molecule has 0 saturated carbocycles.